The van der Waals surface area contributed by atoms with Crippen LogP contribution in [0.1, 0.15) is 10.5 Å². The van der Waals surface area contributed by atoms with E-state index in [9.17, 15) is 9.59 Å². The number of methoxy groups -OCH3 is 1. The second kappa shape index (κ2) is 7.52. The van der Waals surface area contributed by atoms with Crippen molar-refractivity contribution in [3.05, 3.63) is 76.7 Å². The van der Waals surface area contributed by atoms with E-state index >= 15 is 0 Å². The van der Waals surface area contributed by atoms with E-state index in [4.69, 9.17) is 9.47 Å². The Kier molecular flexibility index (Phi) is 4.98. The third-order valence-corrected chi connectivity index (χ3v) is 3.58. The molecular formula is C19H17N3O4. The number of amides is 1. The molecule has 7 nitrogen and oxygen atoms in total. The fourth-order valence-electron chi connectivity index (χ4n) is 2.23. The number of benzene rings is 2. The van der Waals surface area contributed by atoms with Gasteiger partial charge in [-0.3, -0.25) is 9.59 Å². The number of carbonyl (C=O) groups excluding carboxylic acids is 1. The summed E-state index contributed by atoms with van der Waals surface area (Å²) in [6.07, 6.45) is 0. The zero-order valence-electron chi connectivity index (χ0n) is 14.3. The van der Waals surface area contributed by atoms with Crippen molar-refractivity contribution in [1.29, 1.82) is 0 Å². The summed E-state index contributed by atoms with van der Waals surface area (Å²) in [5.41, 5.74) is 0.466. The molecule has 0 atom stereocenters. The number of nitrogens with one attached hydrogen (secondary N) is 1. The van der Waals surface area contributed by atoms with Gasteiger partial charge in [-0.25, -0.2) is 4.68 Å². The quantitative estimate of drug-likeness (QED) is 0.764. The van der Waals surface area contributed by atoms with Crippen molar-refractivity contribution in [2.24, 2.45) is 7.05 Å². The van der Waals surface area contributed by atoms with E-state index in [1.807, 2.05) is 18.2 Å². The zero-order valence-corrected chi connectivity index (χ0v) is 14.3. The number of hydrogen-bond acceptors (Lipinski definition) is 5. The molecule has 0 unspecified atom stereocenters. The Balaban J connectivity index is 1.68. The Hall–Kier alpha value is -3.61. The van der Waals surface area contributed by atoms with Crippen molar-refractivity contribution in [1.82, 2.24) is 9.78 Å². The SMILES string of the molecule is COc1cccc(Oc2ccc(NC(=O)c3ccc(=O)n(C)n3)cc2)c1. The van der Waals surface area contributed by atoms with Gasteiger partial charge in [-0.15, -0.1) is 0 Å². The van der Waals surface area contributed by atoms with E-state index in [0.717, 1.165) is 4.68 Å². The highest BCUT2D eigenvalue weighted by molar-refractivity contribution is 6.02. The molecule has 1 heterocycles. The summed E-state index contributed by atoms with van der Waals surface area (Å²) in [5.74, 6) is 1.57. The molecule has 1 aromatic heterocycles. The van der Waals surface area contributed by atoms with Crippen LogP contribution in [0.2, 0.25) is 0 Å². The molecule has 0 bridgehead atoms. The van der Waals surface area contributed by atoms with Crippen molar-refractivity contribution in [3.8, 4) is 17.2 Å². The Bertz CT molecular complexity index is 981. The van der Waals surface area contributed by atoms with Crippen LogP contribution < -0.4 is 20.3 Å². The zero-order chi connectivity index (χ0) is 18.5. The molecule has 1 N–H and O–H groups in total. The van der Waals surface area contributed by atoms with Crippen LogP contribution in [0.3, 0.4) is 0 Å². The standard InChI is InChI=1S/C19H17N3O4/c1-22-18(23)11-10-17(21-22)19(24)20-13-6-8-14(9-7-13)26-16-5-3-4-15(12-16)25-2/h3-12H,1-2H3,(H,20,24). The number of carbonyl (C=O) groups is 1. The number of nitrogens with zero attached hydrogens (tertiary/aromatic N) is 2. The summed E-state index contributed by atoms with van der Waals surface area (Å²) in [4.78, 5) is 23.5. The third-order valence-electron chi connectivity index (χ3n) is 3.58. The van der Waals surface area contributed by atoms with Crippen molar-refractivity contribution in [3.63, 3.8) is 0 Å². The van der Waals surface area contributed by atoms with Crippen LogP contribution in [-0.4, -0.2) is 22.8 Å². The number of anilines is 1. The van der Waals surface area contributed by atoms with Crippen LogP contribution in [-0.2, 0) is 7.05 Å². The molecule has 0 radical (unpaired) electrons. The molecule has 3 aromatic rings. The summed E-state index contributed by atoms with van der Waals surface area (Å²) in [7, 11) is 3.08. The minimum absolute atomic E-state index is 0.156. The minimum atomic E-state index is -0.401. The van der Waals surface area contributed by atoms with Gasteiger partial charge < -0.3 is 14.8 Å². The average Bonchev–Trinajstić information content (AvgIpc) is 2.65. The lowest BCUT2D eigenvalue weighted by Crippen LogP contribution is -2.23. The molecular weight excluding hydrogens is 334 g/mol. The van der Waals surface area contributed by atoms with E-state index in [1.54, 1.807) is 37.4 Å². The molecule has 0 fully saturated rings. The van der Waals surface area contributed by atoms with E-state index < -0.39 is 5.91 Å². The first-order valence-electron chi connectivity index (χ1n) is 7.83. The summed E-state index contributed by atoms with van der Waals surface area (Å²) < 4.78 is 12.0. The lowest BCUT2D eigenvalue weighted by atomic mass is 10.2. The van der Waals surface area contributed by atoms with Crippen molar-refractivity contribution >= 4 is 11.6 Å². The highest BCUT2D eigenvalue weighted by Crippen LogP contribution is 2.26. The number of aryl methyl sites for hydroxylation is 1. The van der Waals surface area contributed by atoms with E-state index in [-0.39, 0.29) is 11.3 Å². The van der Waals surface area contributed by atoms with Crippen molar-refractivity contribution in [2.45, 2.75) is 0 Å². The van der Waals surface area contributed by atoms with Crippen LogP contribution in [0.4, 0.5) is 5.69 Å². The largest absolute Gasteiger partial charge is 0.497 e. The van der Waals surface area contributed by atoms with Crippen molar-refractivity contribution in [2.75, 3.05) is 12.4 Å². The molecule has 0 spiro atoms. The van der Waals surface area contributed by atoms with Crippen LogP contribution in [0.15, 0.2) is 65.5 Å². The van der Waals surface area contributed by atoms with E-state index in [0.29, 0.717) is 22.9 Å². The Morgan fingerprint density at radius 2 is 1.73 bits per heavy atom. The van der Waals surface area contributed by atoms with Gasteiger partial charge in [-0.05, 0) is 42.5 Å². The predicted octanol–water partition coefficient (Wildman–Crippen LogP) is 2.83. The minimum Gasteiger partial charge on any atom is -0.497 e. The molecule has 7 heteroatoms. The van der Waals surface area contributed by atoms with Crippen LogP contribution >= 0.6 is 0 Å². The van der Waals surface area contributed by atoms with Gasteiger partial charge in [0.1, 0.15) is 22.9 Å². The first kappa shape index (κ1) is 17.2. The number of ether oxygens (including phenoxy) is 2. The maximum atomic E-state index is 12.2. The first-order valence-corrected chi connectivity index (χ1v) is 7.83. The molecule has 0 aliphatic rings. The smallest absolute Gasteiger partial charge is 0.276 e. The Morgan fingerprint density at radius 3 is 2.42 bits per heavy atom. The molecule has 0 aliphatic heterocycles. The van der Waals surface area contributed by atoms with Gasteiger partial charge in [-0.1, -0.05) is 6.07 Å². The molecule has 2 aromatic carbocycles. The van der Waals surface area contributed by atoms with Gasteiger partial charge >= 0.3 is 0 Å². The van der Waals surface area contributed by atoms with Gasteiger partial charge in [0, 0.05) is 24.9 Å². The number of rotatable bonds is 5. The highest BCUT2D eigenvalue weighted by atomic mass is 16.5. The van der Waals surface area contributed by atoms with Crippen molar-refractivity contribution < 1.29 is 14.3 Å². The monoisotopic (exact) mass is 351 g/mol. The highest BCUT2D eigenvalue weighted by Gasteiger charge is 2.09. The number of aromatic nitrogens is 2. The lowest BCUT2D eigenvalue weighted by molar-refractivity contribution is 0.102. The lowest BCUT2D eigenvalue weighted by Gasteiger charge is -2.09. The molecule has 3 rings (SSSR count). The molecule has 0 saturated heterocycles. The van der Waals surface area contributed by atoms with Crippen LogP contribution in [0.25, 0.3) is 0 Å². The number of hydrogen-bond donors (Lipinski definition) is 1. The van der Waals surface area contributed by atoms with Gasteiger partial charge in [0.05, 0.1) is 7.11 Å². The third kappa shape index (κ3) is 4.07. The second-order valence-electron chi connectivity index (χ2n) is 5.44. The summed E-state index contributed by atoms with van der Waals surface area (Å²) >= 11 is 0. The van der Waals surface area contributed by atoms with E-state index in [1.165, 1.54) is 19.2 Å². The maximum absolute atomic E-state index is 12.2. The molecule has 1 amide bonds. The first-order chi connectivity index (χ1) is 12.5. The van der Waals surface area contributed by atoms with E-state index in [2.05, 4.69) is 10.4 Å². The second-order valence-corrected chi connectivity index (χ2v) is 5.44. The van der Waals surface area contributed by atoms with Gasteiger partial charge in [0.2, 0.25) is 0 Å². The predicted molar refractivity (Wildman–Crippen MR) is 96.9 cm³/mol. The molecule has 0 saturated carbocycles. The normalized spacial score (nSPS) is 10.2. The fourth-order valence-corrected chi connectivity index (χ4v) is 2.23. The molecule has 26 heavy (non-hydrogen) atoms. The average molecular weight is 351 g/mol. The van der Waals surface area contributed by atoms with Crippen LogP contribution in [0, 0.1) is 0 Å². The summed E-state index contributed by atoms with van der Waals surface area (Å²) in [6.45, 7) is 0. The topological polar surface area (TPSA) is 82.5 Å². The molecule has 132 valence electrons. The fraction of sp³-hybridized carbons (Fsp3) is 0.105. The molecule has 0 aliphatic carbocycles. The summed E-state index contributed by atoms with van der Waals surface area (Å²) in [6, 6.07) is 16.9. The van der Waals surface area contributed by atoms with Gasteiger partial charge in [-0.2, -0.15) is 5.10 Å². The Labute approximate surface area is 149 Å². The Morgan fingerprint density at radius 1 is 1.00 bits per heavy atom. The maximum Gasteiger partial charge on any atom is 0.276 e. The van der Waals surface area contributed by atoms with Crippen LogP contribution in [0.5, 0.6) is 17.2 Å². The van der Waals surface area contributed by atoms with Gasteiger partial charge in [0.25, 0.3) is 11.5 Å². The van der Waals surface area contributed by atoms with Gasteiger partial charge in [0.15, 0.2) is 0 Å². The summed E-state index contributed by atoms with van der Waals surface area (Å²) in [5, 5.41) is 6.64.